The number of rotatable bonds is 4. The highest BCUT2D eigenvalue weighted by Gasteiger charge is 2.21. The number of benzene rings is 2. The Hall–Kier alpha value is -1.60. The van der Waals surface area contributed by atoms with Crippen LogP contribution >= 0.6 is 0 Å². The highest BCUT2D eigenvalue weighted by Crippen LogP contribution is 2.28. The van der Waals surface area contributed by atoms with E-state index in [0.29, 0.717) is 12.1 Å². The molecule has 1 atom stereocenters. The number of nitrogens with one attached hydrogen (secondary N) is 1. The molecule has 2 aromatic carbocycles. The van der Waals surface area contributed by atoms with Crippen LogP contribution in [0.25, 0.3) is 0 Å². The Morgan fingerprint density at radius 3 is 2.24 bits per heavy atom. The Labute approximate surface area is 128 Å². The normalized spacial score (nSPS) is 17.6. The van der Waals surface area contributed by atoms with E-state index in [0.717, 1.165) is 0 Å². The molecular formula is C20H25N. The molecule has 1 saturated carbocycles. The summed E-state index contributed by atoms with van der Waals surface area (Å²) < 4.78 is 0. The van der Waals surface area contributed by atoms with Gasteiger partial charge in [-0.15, -0.1) is 0 Å². The van der Waals surface area contributed by atoms with E-state index in [-0.39, 0.29) is 0 Å². The average molecular weight is 279 g/mol. The van der Waals surface area contributed by atoms with Crippen molar-refractivity contribution in [3.63, 3.8) is 0 Å². The predicted molar refractivity (Wildman–Crippen MR) is 89.5 cm³/mol. The SMILES string of the molecule is Cc1ccccc1C(NC1CCCCC1)c1ccccc1. The summed E-state index contributed by atoms with van der Waals surface area (Å²) in [5, 5.41) is 3.93. The fraction of sp³-hybridized carbons (Fsp3) is 0.400. The Balaban J connectivity index is 1.89. The van der Waals surface area contributed by atoms with Crippen molar-refractivity contribution in [1.29, 1.82) is 0 Å². The monoisotopic (exact) mass is 279 g/mol. The van der Waals surface area contributed by atoms with Crippen LogP contribution in [0.15, 0.2) is 54.6 Å². The van der Waals surface area contributed by atoms with Gasteiger partial charge in [-0.2, -0.15) is 0 Å². The first-order valence-electron chi connectivity index (χ1n) is 8.21. The fourth-order valence-corrected chi connectivity index (χ4v) is 3.43. The van der Waals surface area contributed by atoms with Gasteiger partial charge in [0.05, 0.1) is 6.04 Å². The first kappa shape index (κ1) is 14.3. The molecule has 21 heavy (non-hydrogen) atoms. The van der Waals surface area contributed by atoms with Gasteiger partial charge in [0.25, 0.3) is 0 Å². The first-order valence-corrected chi connectivity index (χ1v) is 8.21. The quantitative estimate of drug-likeness (QED) is 0.830. The van der Waals surface area contributed by atoms with Crippen LogP contribution in [-0.4, -0.2) is 6.04 Å². The van der Waals surface area contributed by atoms with Crippen LogP contribution in [0.3, 0.4) is 0 Å². The van der Waals surface area contributed by atoms with Gasteiger partial charge in [-0.25, -0.2) is 0 Å². The largest absolute Gasteiger partial charge is 0.303 e. The Morgan fingerprint density at radius 1 is 0.857 bits per heavy atom. The molecule has 3 rings (SSSR count). The molecule has 110 valence electrons. The van der Waals surface area contributed by atoms with Crippen molar-refractivity contribution in [3.8, 4) is 0 Å². The number of aryl methyl sites for hydroxylation is 1. The summed E-state index contributed by atoms with van der Waals surface area (Å²) in [5.74, 6) is 0. The summed E-state index contributed by atoms with van der Waals surface area (Å²) in [6.07, 6.45) is 6.77. The van der Waals surface area contributed by atoms with Gasteiger partial charge in [0.1, 0.15) is 0 Å². The molecule has 0 amide bonds. The van der Waals surface area contributed by atoms with Gasteiger partial charge in [-0.3, -0.25) is 0 Å². The van der Waals surface area contributed by atoms with Gasteiger partial charge in [0.2, 0.25) is 0 Å². The van der Waals surface area contributed by atoms with Crippen molar-refractivity contribution in [3.05, 3.63) is 71.3 Å². The fourth-order valence-electron chi connectivity index (χ4n) is 3.43. The molecule has 1 aliphatic rings. The van der Waals surface area contributed by atoms with E-state index in [1.807, 2.05) is 0 Å². The highest BCUT2D eigenvalue weighted by atomic mass is 15.0. The van der Waals surface area contributed by atoms with Crippen LogP contribution in [0, 0.1) is 6.92 Å². The molecule has 1 aliphatic carbocycles. The van der Waals surface area contributed by atoms with Crippen molar-refractivity contribution in [1.82, 2.24) is 5.32 Å². The van der Waals surface area contributed by atoms with E-state index in [2.05, 4.69) is 66.8 Å². The molecule has 0 aliphatic heterocycles. The summed E-state index contributed by atoms with van der Waals surface area (Å²) >= 11 is 0. The molecule has 0 heterocycles. The van der Waals surface area contributed by atoms with Gasteiger partial charge in [0.15, 0.2) is 0 Å². The van der Waals surface area contributed by atoms with Crippen LogP contribution in [-0.2, 0) is 0 Å². The van der Waals surface area contributed by atoms with Crippen molar-refractivity contribution in [2.24, 2.45) is 0 Å². The molecule has 1 unspecified atom stereocenters. The first-order chi connectivity index (χ1) is 10.3. The van der Waals surface area contributed by atoms with Crippen LogP contribution in [0.5, 0.6) is 0 Å². The van der Waals surface area contributed by atoms with Crippen LogP contribution in [0.1, 0.15) is 54.8 Å². The molecule has 0 bridgehead atoms. The third-order valence-electron chi connectivity index (χ3n) is 4.64. The van der Waals surface area contributed by atoms with Crippen LogP contribution in [0.4, 0.5) is 0 Å². The number of hydrogen-bond acceptors (Lipinski definition) is 1. The van der Waals surface area contributed by atoms with Gasteiger partial charge in [-0.1, -0.05) is 73.9 Å². The van der Waals surface area contributed by atoms with E-state index < -0.39 is 0 Å². The van der Waals surface area contributed by atoms with E-state index in [1.54, 1.807) is 0 Å². The summed E-state index contributed by atoms with van der Waals surface area (Å²) in [7, 11) is 0. The molecule has 0 saturated heterocycles. The smallest absolute Gasteiger partial charge is 0.0581 e. The van der Waals surface area contributed by atoms with E-state index in [4.69, 9.17) is 0 Å². The maximum atomic E-state index is 3.93. The second-order valence-electron chi connectivity index (χ2n) is 6.20. The predicted octanol–water partition coefficient (Wildman–Crippen LogP) is 5.01. The van der Waals surface area contributed by atoms with Gasteiger partial charge < -0.3 is 5.32 Å². The summed E-state index contributed by atoms with van der Waals surface area (Å²) in [6, 6.07) is 20.6. The zero-order chi connectivity index (χ0) is 14.5. The Kier molecular flexibility index (Phi) is 4.72. The minimum absolute atomic E-state index is 0.315. The maximum Gasteiger partial charge on any atom is 0.0581 e. The molecule has 0 aromatic heterocycles. The molecule has 1 N–H and O–H groups in total. The van der Waals surface area contributed by atoms with E-state index >= 15 is 0 Å². The lowest BCUT2D eigenvalue weighted by molar-refractivity contribution is 0.354. The van der Waals surface area contributed by atoms with E-state index in [9.17, 15) is 0 Å². The molecule has 2 aromatic rings. The zero-order valence-electron chi connectivity index (χ0n) is 12.9. The molecule has 1 nitrogen and oxygen atoms in total. The van der Waals surface area contributed by atoms with Crippen molar-refractivity contribution in [2.45, 2.75) is 51.1 Å². The molecule has 1 fully saturated rings. The van der Waals surface area contributed by atoms with Crippen LogP contribution < -0.4 is 5.32 Å². The summed E-state index contributed by atoms with van der Waals surface area (Å²) in [5.41, 5.74) is 4.15. The Bertz CT molecular complexity index is 555. The maximum absolute atomic E-state index is 3.93. The number of hydrogen-bond donors (Lipinski definition) is 1. The lowest BCUT2D eigenvalue weighted by atomic mass is 9.90. The van der Waals surface area contributed by atoms with Crippen LogP contribution in [0.2, 0.25) is 0 Å². The standard InChI is InChI=1S/C20H25N/c1-16-10-8-9-15-19(16)20(17-11-4-2-5-12-17)21-18-13-6-3-7-14-18/h2,4-5,8-12,15,18,20-21H,3,6-7,13-14H2,1H3. The van der Waals surface area contributed by atoms with Gasteiger partial charge in [-0.05, 0) is 36.5 Å². The topological polar surface area (TPSA) is 12.0 Å². The zero-order valence-corrected chi connectivity index (χ0v) is 12.9. The molecule has 0 spiro atoms. The van der Waals surface area contributed by atoms with Crippen molar-refractivity contribution >= 4 is 0 Å². The highest BCUT2D eigenvalue weighted by molar-refractivity contribution is 5.36. The van der Waals surface area contributed by atoms with Gasteiger partial charge in [0, 0.05) is 6.04 Å². The minimum Gasteiger partial charge on any atom is -0.303 e. The summed E-state index contributed by atoms with van der Waals surface area (Å²) in [6.45, 7) is 2.22. The average Bonchev–Trinajstić information content (AvgIpc) is 2.55. The molecule has 0 radical (unpaired) electrons. The molecular weight excluding hydrogens is 254 g/mol. The Morgan fingerprint density at radius 2 is 1.52 bits per heavy atom. The van der Waals surface area contributed by atoms with Gasteiger partial charge >= 0.3 is 0 Å². The summed E-state index contributed by atoms with van der Waals surface area (Å²) in [4.78, 5) is 0. The molecule has 1 heteroatoms. The van der Waals surface area contributed by atoms with E-state index in [1.165, 1.54) is 48.8 Å². The third kappa shape index (κ3) is 3.54. The minimum atomic E-state index is 0.315. The third-order valence-corrected chi connectivity index (χ3v) is 4.64. The lowest BCUT2D eigenvalue weighted by Gasteiger charge is -2.30. The second-order valence-corrected chi connectivity index (χ2v) is 6.20. The van der Waals surface area contributed by atoms with Crippen molar-refractivity contribution < 1.29 is 0 Å². The second kappa shape index (κ2) is 6.91. The van der Waals surface area contributed by atoms with Crippen molar-refractivity contribution in [2.75, 3.05) is 0 Å². The lowest BCUT2D eigenvalue weighted by Crippen LogP contribution is -2.35.